The van der Waals surface area contributed by atoms with Gasteiger partial charge in [0.05, 0.1) is 25.8 Å². The maximum atomic E-state index is 12.0. The van der Waals surface area contributed by atoms with Crippen LogP contribution in [0.15, 0.2) is 18.2 Å². The van der Waals surface area contributed by atoms with E-state index in [1.165, 1.54) is 0 Å². The number of aromatic nitrogens is 3. The lowest BCUT2D eigenvalue weighted by molar-refractivity contribution is -0.121. The Morgan fingerprint density at radius 3 is 2.43 bits per heavy atom. The van der Waals surface area contributed by atoms with Crippen LogP contribution in [0.2, 0.25) is 0 Å². The topological polar surface area (TPSA) is 81.5 Å². The monoisotopic (exact) mass is 415 g/mol. The molecule has 0 fully saturated rings. The Hall–Kier alpha value is -2.61. The van der Waals surface area contributed by atoms with E-state index >= 15 is 0 Å². The molecule has 8 nitrogen and oxygen atoms in total. The van der Waals surface area contributed by atoms with Crippen molar-refractivity contribution in [2.75, 3.05) is 27.3 Å². The third-order valence-electron chi connectivity index (χ3n) is 5.64. The van der Waals surface area contributed by atoms with Crippen molar-refractivity contribution in [3.8, 4) is 11.5 Å². The molecular formula is C22H33N5O3. The van der Waals surface area contributed by atoms with Crippen LogP contribution in [0.3, 0.4) is 0 Å². The highest BCUT2D eigenvalue weighted by molar-refractivity contribution is 5.75. The highest BCUT2D eigenvalue weighted by Crippen LogP contribution is 2.30. The number of carbonyl (C=O) groups is 1. The van der Waals surface area contributed by atoms with Gasteiger partial charge in [0.25, 0.3) is 0 Å². The van der Waals surface area contributed by atoms with Crippen LogP contribution in [0.5, 0.6) is 11.5 Å². The van der Waals surface area contributed by atoms with E-state index in [0.717, 1.165) is 61.3 Å². The summed E-state index contributed by atoms with van der Waals surface area (Å²) in [6.07, 6.45) is 1.26. The van der Waals surface area contributed by atoms with Crippen LogP contribution >= 0.6 is 0 Å². The lowest BCUT2D eigenvalue weighted by Gasteiger charge is -2.24. The predicted molar refractivity (Wildman–Crippen MR) is 115 cm³/mol. The summed E-state index contributed by atoms with van der Waals surface area (Å²) in [5, 5.41) is 12.0. The van der Waals surface area contributed by atoms with E-state index in [0.29, 0.717) is 6.42 Å². The summed E-state index contributed by atoms with van der Waals surface area (Å²) in [5.74, 6) is 3.74. The molecule has 1 aromatic heterocycles. The molecule has 8 heteroatoms. The van der Waals surface area contributed by atoms with Gasteiger partial charge in [-0.3, -0.25) is 9.69 Å². The number of carbonyl (C=O) groups excluding carboxylic acids is 1. The molecule has 1 aromatic carbocycles. The van der Waals surface area contributed by atoms with Gasteiger partial charge in [-0.05, 0) is 18.1 Å². The van der Waals surface area contributed by atoms with Crippen LogP contribution in [-0.4, -0.2) is 52.9 Å². The molecule has 0 aliphatic carbocycles. The van der Waals surface area contributed by atoms with Crippen molar-refractivity contribution in [2.24, 2.45) is 5.92 Å². The van der Waals surface area contributed by atoms with E-state index in [1.807, 2.05) is 25.1 Å². The fraction of sp³-hybridized carbons (Fsp3) is 0.591. The molecule has 1 amide bonds. The average molecular weight is 416 g/mol. The first-order valence-corrected chi connectivity index (χ1v) is 10.6. The fourth-order valence-electron chi connectivity index (χ4n) is 3.89. The van der Waals surface area contributed by atoms with Crippen LogP contribution in [-0.2, 0) is 24.3 Å². The van der Waals surface area contributed by atoms with Gasteiger partial charge in [0.1, 0.15) is 17.3 Å². The minimum Gasteiger partial charge on any atom is -0.496 e. The highest BCUT2D eigenvalue weighted by Gasteiger charge is 2.27. The highest BCUT2D eigenvalue weighted by atomic mass is 16.5. The van der Waals surface area contributed by atoms with Crippen LogP contribution in [0.1, 0.15) is 50.4 Å². The third-order valence-corrected chi connectivity index (χ3v) is 5.64. The van der Waals surface area contributed by atoms with Gasteiger partial charge >= 0.3 is 0 Å². The van der Waals surface area contributed by atoms with E-state index in [9.17, 15) is 4.79 Å². The smallest absolute Gasteiger partial charge is 0.220 e. The first kappa shape index (κ1) is 22.1. The van der Waals surface area contributed by atoms with Crippen LogP contribution in [0.25, 0.3) is 0 Å². The predicted octanol–water partition coefficient (Wildman–Crippen LogP) is 2.58. The van der Waals surface area contributed by atoms with E-state index < -0.39 is 0 Å². The van der Waals surface area contributed by atoms with Crippen molar-refractivity contribution in [3.63, 3.8) is 0 Å². The molecule has 0 unspecified atom stereocenters. The van der Waals surface area contributed by atoms with Crippen molar-refractivity contribution < 1.29 is 14.3 Å². The standard InChI is InChI=1S/C22H33N5O3/c1-6-20(28)23-21(15(2)3)22-25-24-19-10-11-26(12-13-27(19)22)14-16-17(29-4)8-7-9-18(16)30-5/h7-9,15,21H,6,10-14H2,1-5H3,(H,23,28)/t21-/m1/s1. The molecule has 1 aliphatic heterocycles. The van der Waals surface area contributed by atoms with Crippen molar-refractivity contribution in [1.82, 2.24) is 25.0 Å². The molecule has 0 saturated carbocycles. The number of amides is 1. The van der Waals surface area contributed by atoms with Crippen LogP contribution in [0, 0.1) is 5.92 Å². The molecular weight excluding hydrogens is 382 g/mol. The lowest BCUT2D eigenvalue weighted by Crippen LogP contribution is -2.34. The second-order valence-electron chi connectivity index (χ2n) is 7.94. The molecule has 0 radical (unpaired) electrons. The molecule has 2 aromatic rings. The quantitative estimate of drug-likeness (QED) is 0.714. The number of nitrogens with zero attached hydrogens (tertiary/aromatic N) is 4. The van der Waals surface area contributed by atoms with Gasteiger partial charge in [-0.15, -0.1) is 10.2 Å². The zero-order valence-electron chi connectivity index (χ0n) is 18.6. The Labute approximate surface area is 178 Å². The fourth-order valence-corrected chi connectivity index (χ4v) is 3.89. The Balaban J connectivity index is 1.78. The van der Waals surface area contributed by atoms with Crippen molar-refractivity contribution in [2.45, 2.75) is 52.7 Å². The third kappa shape index (κ3) is 4.75. The number of methoxy groups -OCH3 is 2. The Kier molecular flexibility index (Phi) is 7.31. The largest absolute Gasteiger partial charge is 0.496 e. The van der Waals surface area contributed by atoms with Crippen LogP contribution < -0.4 is 14.8 Å². The molecule has 1 aliphatic rings. The molecule has 3 rings (SSSR count). The van der Waals surface area contributed by atoms with Gasteiger partial charge in [0, 0.05) is 39.0 Å². The summed E-state index contributed by atoms with van der Waals surface area (Å²) in [4.78, 5) is 14.4. The number of benzene rings is 1. The van der Waals surface area contributed by atoms with Crippen molar-refractivity contribution in [1.29, 1.82) is 0 Å². The number of ether oxygens (including phenoxy) is 2. The molecule has 164 valence electrons. The van der Waals surface area contributed by atoms with E-state index in [1.54, 1.807) is 14.2 Å². The molecule has 0 bridgehead atoms. The summed E-state index contributed by atoms with van der Waals surface area (Å²) in [7, 11) is 3.37. The number of rotatable bonds is 8. The Morgan fingerprint density at radius 2 is 1.83 bits per heavy atom. The van der Waals surface area contributed by atoms with E-state index in [4.69, 9.17) is 9.47 Å². The molecule has 1 N–H and O–H groups in total. The SMILES string of the molecule is CCC(=O)N[C@@H](c1nnc2n1CCN(Cc1c(OC)cccc1OC)CC2)C(C)C. The van der Waals surface area contributed by atoms with Gasteiger partial charge in [-0.2, -0.15) is 0 Å². The summed E-state index contributed by atoms with van der Waals surface area (Å²) >= 11 is 0. The Bertz CT molecular complexity index is 842. The zero-order chi connectivity index (χ0) is 21.7. The Morgan fingerprint density at radius 1 is 1.13 bits per heavy atom. The van der Waals surface area contributed by atoms with E-state index in [-0.39, 0.29) is 17.9 Å². The summed E-state index contributed by atoms with van der Waals surface area (Å²) in [6, 6.07) is 5.73. The van der Waals surface area contributed by atoms with E-state index in [2.05, 4.69) is 38.8 Å². The first-order chi connectivity index (χ1) is 14.5. The lowest BCUT2D eigenvalue weighted by atomic mass is 10.0. The number of hydrogen-bond acceptors (Lipinski definition) is 6. The maximum Gasteiger partial charge on any atom is 0.220 e. The first-order valence-electron chi connectivity index (χ1n) is 10.6. The molecule has 2 heterocycles. The summed E-state index contributed by atoms with van der Waals surface area (Å²) < 4.78 is 13.3. The normalized spacial score (nSPS) is 15.4. The molecule has 0 spiro atoms. The molecule has 0 saturated heterocycles. The maximum absolute atomic E-state index is 12.0. The van der Waals surface area contributed by atoms with Gasteiger partial charge in [0.15, 0.2) is 5.82 Å². The minimum atomic E-state index is -0.139. The zero-order valence-corrected chi connectivity index (χ0v) is 18.6. The average Bonchev–Trinajstić information content (AvgIpc) is 3.04. The number of fused-ring (bicyclic) bond motifs is 1. The van der Waals surface area contributed by atoms with Gasteiger partial charge in [0.2, 0.25) is 5.91 Å². The molecule has 1 atom stereocenters. The van der Waals surface area contributed by atoms with Crippen LogP contribution in [0.4, 0.5) is 0 Å². The summed E-state index contributed by atoms with van der Waals surface area (Å²) in [5.41, 5.74) is 1.05. The van der Waals surface area contributed by atoms with Gasteiger partial charge in [-0.1, -0.05) is 26.8 Å². The minimum absolute atomic E-state index is 0.0320. The second-order valence-corrected chi connectivity index (χ2v) is 7.94. The molecule has 30 heavy (non-hydrogen) atoms. The van der Waals surface area contributed by atoms with Gasteiger partial charge in [-0.25, -0.2) is 0 Å². The van der Waals surface area contributed by atoms with Crippen molar-refractivity contribution in [3.05, 3.63) is 35.4 Å². The number of hydrogen-bond donors (Lipinski definition) is 1. The second kappa shape index (κ2) is 9.93. The van der Waals surface area contributed by atoms with Crippen molar-refractivity contribution >= 4 is 5.91 Å². The summed E-state index contributed by atoms with van der Waals surface area (Å²) in [6.45, 7) is 9.29. The van der Waals surface area contributed by atoms with Gasteiger partial charge < -0.3 is 19.4 Å². The number of nitrogens with one attached hydrogen (secondary N) is 1.